The number of hydrogen-bond donors (Lipinski definition) is 0. The number of para-hydroxylation sites is 1. The van der Waals surface area contributed by atoms with Gasteiger partial charge in [-0.05, 0) is 49.6 Å². The number of benzene rings is 2. The summed E-state index contributed by atoms with van der Waals surface area (Å²) in [4.78, 5) is 14.4. The minimum Gasteiger partial charge on any atom is -0.481 e. The first-order valence-electron chi connectivity index (χ1n) is 7.28. The fourth-order valence-corrected chi connectivity index (χ4v) is 2.73. The molecule has 3 rings (SSSR count). The Kier molecular flexibility index (Phi) is 3.65. The van der Waals surface area contributed by atoms with Crippen molar-refractivity contribution in [2.75, 3.05) is 11.4 Å². The molecule has 2 aromatic rings. The third-order valence-corrected chi connectivity index (χ3v) is 3.80. The fourth-order valence-electron chi connectivity index (χ4n) is 2.73. The average Bonchev–Trinajstić information content (AvgIpc) is 2.90. The van der Waals surface area contributed by atoms with Gasteiger partial charge in [-0.15, -0.1) is 0 Å². The van der Waals surface area contributed by atoms with Crippen LogP contribution in [0.4, 0.5) is 5.69 Å². The maximum absolute atomic E-state index is 12.6. The van der Waals surface area contributed by atoms with Crippen molar-refractivity contribution in [2.24, 2.45) is 0 Å². The molecule has 1 atom stereocenters. The minimum atomic E-state index is -0.488. The van der Waals surface area contributed by atoms with Gasteiger partial charge in [-0.1, -0.05) is 30.3 Å². The number of aryl methyl sites for hydroxylation is 1. The van der Waals surface area contributed by atoms with Crippen LogP contribution < -0.4 is 9.64 Å². The van der Waals surface area contributed by atoms with Crippen LogP contribution in [0.1, 0.15) is 18.1 Å². The minimum absolute atomic E-state index is 0.0152. The quantitative estimate of drug-likeness (QED) is 0.863. The summed E-state index contributed by atoms with van der Waals surface area (Å²) in [7, 11) is 0. The number of amides is 1. The number of hydrogen-bond acceptors (Lipinski definition) is 2. The van der Waals surface area contributed by atoms with Crippen molar-refractivity contribution >= 4 is 11.6 Å². The van der Waals surface area contributed by atoms with Gasteiger partial charge in [0.25, 0.3) is 5.91 Å². The van der Waals surface area contributed by atoms with Crippen molar-refractivity contribution in [2.45, 2.75) is 26.4 Å². The first-order valence-corrected chi connectivity index (χ1v) is 7.28. The van der Waals surface area contributed by atoms with E-state index in [4.69, 9.17) is 4.74 Å². The summed E-state index contributed by atoms with van der Waals surface area (Å²) in [6, 6.07) is 15.8. The first-order chi connectivity index (χ1) is 10.1. The molecule has 108 valence electrons. The summed E-state index contributed by atoms with van der Waals surface area (Å²) in [5, 5.41) is 0. The smallest absolute Gasteiger partial charge is 0.267 e. The molecule has 3 nitrogen and oxygen atoms in total. The second-order valence-corrected chi connectivity index (χ2v) is 5.45. The van der Waals surface area contributed by atoms with Gasteiger partial charge in [-0.3, -0.25) is 4.79 Å². The van der Waals surface area contributed by atoms with E-state index in [2.05, 4.69) is 6.07 Å². The molecule has 0 aromatic heterocycles. The fraction of sp³-hybridized carbons (Fsp3) is 0.278. The number of carbonyl (C=O) groups is 1. The Morgan fingerprint density at radius 3 is 2.81 bits per heavy atom. The van der Waals surface area contributed by atoms with Crippen LogP contribution in [-0.4, -0.2) is 18.6 Å². The van der Waals surface area contributed by atoms with E-state index in [0.29, 0.717) is 0 Å². The topological polar surface area (TPSA) is 29.5 Å². The lowest BCUT2D eigenvalue weighted by Crippen LogP contribution is -2.39. The average molecular weight is 281 g/mol. The van der Waals surface area contributed by atoms with Gasteiger partial charge < -0.3 is 9.64 Å². The second kappa shape index (κ2) is 5.60. The first kappa shape index (κ1) is 13.7. The Morgan fingerprint density at radius 2 is 2.00 bits per heavy atom. The van der Waals surface area contributed by atoms with E-state index >= 15 is 0 Å². The van der Waals surface area contributed by atoms with Gasteiger partial charge in [-0.25, -0.2) is 0 Å². The Morgan fingerprint density at radius 1 is 1.19 bits per heavy atom. The molecule has 0 spiro atoms. The van der Waals surface area contributed by atoms with E-state index in [-0.39, 0.29) is 5.91 Å². The summed E-state index contributed by atoms with van der Waals surface area (Å²) >= 11 is 0. The summed E-state index contributed by atoms with van der Waals surface area (Å²) in [6.45, 7) is 4.56. The maximum Gasteiger partial charge on any atom is 0.267 e. The molecule has 0 unspecified atom stereocenters. The van der Waals surface area contributed by atoms with Crippen molar-refractivity contribution in [1.82, 2.24) is 0 Å². The Hall–Kier alpha value is -2.29. The molecular weight excluding hydrogens is 262 g/mol. The zero-order valence-corrected chi connectivity index (χ0v) is 12.4. The van der Waals surface area contributed by atoms with E-state index in [9.17, 15) is 4.79 Å². The van der Waals surface area contributed by atoms with Crippen LogP contribution >= 0.6 is 0 Å². The van der Waals surface area contributed by atoms with Gasteiger partial charge in [0.05, 0.1) is 0 Å². The van der Waals surface area contributed by atoms with E-state index in [1.54, 1.807) is 0 Å². The third kappa shape index (κ3) is 2.77. The molecule has 1 aliphatic rings. The van der Waals surface area contributed by atoms with E-state index in [1.807, 2.05) is 61.2 Å². The zero-order valence-electron chi connectivity index (χ0n) is 12.4. The summed E-state index contributed by atoms with van der Waals surface area (Å²) in [6.07, 6.45) is 0.428. The number of fused-ring (bicyclic) bond motifs is 1. The molecule has 1 heterocycles. The predicted molar refractivity (Wildman–Crippen MR) is 83.8 cm³/mol. The van der Waals surface area contributed by atoms with Gasteiger partial charge in [0.2, 0.25) is 0 Å². The lowest BCUT2D eigenvalue weighted by Gasteiger charge is -2.22. The molecule has 0 fully saturated rings. The molecule has 21 heavy (non-hydrogen) atoms. The van der Waals surface area contributed by atoms with Gasteiger partial charge in [0.15, 0.2) is 6.10 Å². The SMILES string of the molecule is Cc1cccc(O[C@H](C)C(=O)N2CCc3ccccc32)c1. The molecule has 0 aliphatic carbocycles. The molecule has 1 aliphatic heterocycles. The molecule has 0 bridgehead atoms. The van der Waals surface area contributed by atoms with Gasteiger partial charge >= 0.3 is 0 Å². The number of carbonyl (C=O) groups excluding carboxylic acids is 1. The lowest BCUT2D eigenvalue weighted by molar-refractivity contribution is -0.124. The van der Waals surface area contributed by atoms with Crippen molar-refractivity contribution in [1.29, 1.82) is 0 Å². The molecule has 0 saturated carbocycles. The number of anilines is 1. The highest BCUT2D eigenvalue weighted by Crippen LogP contribution is 2.28. The largest absolute Gasteiger partial charge is 0.481 e. The van der Waals surface area contributed by atoms with Crippen LogP contribution in [0.15, 0.2) is 48.5 Å². The highest BCUT2D eigenvalue weighted by molar-refractivity contribution is 5.98. The normalized spacial score (nSPS) is 14.7. The van der Waals surface area contributed by atoms with Crippen LogP contribution in [0.5, 0.6) is 5.75 Å². The Labute approximate surface area is 125 Å². The number of ether oxygens (including phenoxy) is 1. The molecule has 3 heteroatoms. The molecule has 0 radical (unpaired) electrons. The van der Waals surface area contributed by atoms with Crippen LogP contribution in [0.25, 0.3) is 0 Å². The van der Waals surface area contributed by atoms with Crippen molar-refractivity contribution in [3.05, 3.63) is 59.7 Å². The van der Waals surface area contributed by atoms with E-state index < -0.39 is 6.10 Å². The molecule has 0 saturated heterocycles. The summed E-state index contributed by atoms with van der Waals surface area (Å²) in [5.41, 5.74) is 3.37. The maximum atomic E-state index is 12.6. The van der Waals surface area contributed by atoms with Crippen molar-refractivity contribution in [3.8, 4) is 5.75 Å². The van der Waals surface area contributed by atoms with Gasteiger partial charge in [0.1, 0.15) is 5.75 Å². The second-order valence-electron chi connectivity index (χ2n) is 5.45. The van der Waals surface area contributed by atoms with Crippen molar-refractivity contribution < 1.29 is 9.53 Å². The Bertz CT molecular complexity index is 666. The lowest BCUT2D eigenvalue weighted by atomic mass is 10.2. The third-order valence-electron chi connectivity index (χ3n) is 3.80. The highest BCUT2D eigenvalue weighted by Gasteiger charge is 2.28. The highest BCUT2D eigenvalue weighted by atomic mass is 16.5. The molecular formula is C18H19NO2. The van der Waals surface area contributed by atoms with Crippen LogP contribution in [-0.2, 0) is 11.2 Å². The summed E-state index contributed by atoms with van der Waals surface area (Å²) < 4.78 is 5.79. The monoisotopic (exact) mass is 281 g/mol. The van der Waals surface area contributed by atoms with E-state index in [1.165, 1.54) is 5.56 Å². The van der Waals surface area contributed by atoms with Crippen molar-refractivity contribution in [3.63, 3.8) is 0 Å². The summed E-state index contributed by atoms with van der Waals surface area (Å²) in [5.74, 6) is 0.754. The predicted octanol–water partition coefficient (Wildman–Crippen LogP) is 3.35. The molecule has 1 amide bonds. The Balaban J connectivity index is 1.74. The standard InChI is InChI=1S/C18H19NO2/c1-13-6-5-8-16(12-13)21-14(2)18(20)19-11-10-15-7-3-4-9-17(15)19/h3-9,12,14H,10-11H2,1-2H3/t14-/m1/s1. The zero-order chi connectivity index (χ0) is 14.8. The van der Waals surface area contributed by atoms with Gasteiger partial charge in [0, 0.05) is 12.2 Å². The molecule has 0 N–H and O–H groups in total. The van der Waals surface area contributed by atoms with Crippen LogP contribution in [0.3, 0.4) is 0 Å². The molecule has 2 aromatic carbocycles. The van der Waals surface area contributed by atoms with Gasteiger partial charge in [-0.2, -0.15) is 0 Å². The van der Waals surface area contributed by atoms with Crippen LogP contribution in [0.2, 0.25) is 0 Å². The van der Waals surface area contributed by atoms with Crippen LogP contribution in [0, 0.1) is 6.92 Å². The van der Waals surface area contributed by atoms with E-state index in [0.717, 1.165) is 30.0 Å². The number of nitrogens with zero attached hydrogens (tertiary/aromatic N) is 1. The number of rotatable bonds is 3.